The van der Waals surface area contributed by atoms with E-state index < -0.39 is 49.3 Å². The van der Waals surface area contributed by atoms with Crippen molar-refractivity contribution in [1.82, 2.24) is 4.72 Å². The monoisotopic (exact) mass is 506 g/mol. The van der Waals surface area contributed by atoms with Gasteiger partial charge in [0.1, 0.15) is 0 Å². The predicted molar refractivity (Wildman–Crippen MR) is 124 cm³/mol. The summed E-state index contributed by atoms with van der Waals surface area (Å²) in [6, 6.07) is 11.4. The minimum atomic E-state index is -5.43. The van der Waals surface area contributed by atoms with E-state index in [1.807, 2.05) is 0 Å². The molecule has 0 spiro atoms. The van der Waals surface area contributed by atoms with Gasteiger partial charge in [0.25, 0.3) is 5.91 Å². The second-order valence-electron chi connectivity index (χ2n) is 9.91. The highest BCUT2D eigenvalue weighted by molar-refractivity contribution is 7.89. The van der Waals surface area contributed by atoms with E-state index >= 15 is 0 Å². The Labute approximate surface area is 201 Å². The zero-order valence-electron chi connectivity index (χ0n) is 19.7. The number of allylic oxidation sites excluding steroid dienone is 1. The molecule has 4 rings (SSSR count). The van der Waals surface area contributed by atoms with Crippen LogP contribution in [0.5, 0.6) is 0 Å². The van der Waals surface area contributed by atoms with Crippen LogP contribution in [-0.2, 0) is 19.6 Å². The number of benzene rings is 2. The van der Waals surface area contributed by atoms with Crippen LogP contribution in [-0.4, -0.2) is 31.8 Å². The van der Waals surface area contributed by atoms with Crippen LogP contribution in [0.2, 0.25) is 0 Å². The molecule has 0 aromatic heterocycles. The number of halogens is 3. The van der Waals surface area contributed by atoms with Crippen LogP contribution in [0.25, 0.3) is 0 Å². The third-order valence-electron chi connectivity index (χ3n) is 6.36. The second kappa shape index (κ2) is 8.03. The number of nitrogens with one attached hydrogen (secondary N) is 1. The first-order valence-electron chi connectivity index (χ1n) is 10.9. The highest BCUT2D eigenvalue weighted by atomic mass is 32.2. The molecule has 0 bridgehead atoms. The summed E-state index contributed by atoms with van der Waals surface area (Å²) in [4.78, 5) is 27.4. The smallest absolute Gasteiger partial charge is 0.294 e. The molecule has 10 heteroatoms. The molecule has 0 saturated heterocycles. The van der Waals surface area contributed by atoms with Gasteiger partial charge in [-0.25, -0.2) is 8.42 Å². The van der Waals surface area contributed by atoms with Gasteiger partial charge in [-0.05, 0) is 49.9 Å². The number of amides is 1. The van der Waals surface area contributed by atoms with E-state index in [4.69, 9.17) is 0 Å². The third kappa shape index (κ3) is 4.08. The Morgan fingerprint density at radius 3 is 1.91 bits per heavy atom. The van der Waals surface area contributed by atoms with E-state index in [9.17, 15) is 31.2 Å². The fourth-order valence-corrected chi connectivity index (χ4v) is 5.98. The van der Waals surface area contributed by atoms with Crippen molar-refractivity contribution in [2.75, 3.05) is 4.90 Å². The van der Waals surface area contributed by atoms with Gasteiger partial charge in [-0.2, -0.15) is 17.9 Å². The maximum atomic E-state index is 14.9. The number of hydrogen-bond donors (Lipinski definition) is 1. The number of aryl methyl sites for hydroxylation is 2. The molecule has 186 valence electrons. The SMILES string of the molecule is Cc1ccc(N2C(=O)[C@](NS(=O)(=O)c3ccc(C)cc3)(C(F)(F)F)C3=C2CC(C)(C)CC3=O)cc1. The fourth-order valence-electron chi connectivity index (χ4n) is 4.66. The number of carbonyl (C=O) groups is 2. The fraction of sp³-hybridized carbons (Fsp3) is 0.360. The van der Waals surface area contributed by atoms with Crippen molar-refractivity contribution in [3.8, 4) is 0 Å². The van der Waals surface area contributed by atoms with Gasteiger partial charge in [-0.15, -0.1) is 0 Å². The van der Waals surface area contributed by atoms with Crippen molar-refractivity contribution in [3.63, 3.8) is 0 Å². The Balaban J connectivity index is 1.98. The quantitative estimate of drug-likeness (QED) is 0.659. The molecule has 1 heterocycles. The average molecular weight is 507 g/mol. The van der Waals surface area contributed by atoms with Crippen molar-refractivity contribution in [2.24, 2.45) is 5.41 Å². The van der Waals surface area contributed by atoms with Gasteiger partial charge in [-0.1, -0.05) is 49.2 Å². The summed E-state index contributed by atoms with van der Waals surface area (Å²) in [5.74, 6) is -2.48. The van der Waals surface area contributed by atoms with Crippen LogP contribution in [0, 0.1) is 19.3 Å². The molecule has 1 aliphatic heterocycles. The molecule has 1 atom stereocenters. The summed E-state index contributed by atoms with van der Waals surface area (Å²) in [7, 11) is -4.85. The molecule has 35 heavy (non-hydrogen) atoms. The Bertz CT molecular complexity index is 1340. The molecule has 2 aliphatic rings. The largest absolute Gasteiger partial charge is 0.421 e. The molecule has 1 N–H and O–H groups in total. The van der Waals surface area contributed by atoms with Crippen LogP contribution in [0.4, 0.5) is 18.9 Å². The number of Topliss-reactive ketones (excluding diaryl/α,β-unsaturated/α-hetero) is 1. The van der Waals surface area contributed by atoms with Crippen molar-refractivity contribution >= 4 is 27.4 Å². The van der Waals surface area contributed by atoms with E-state index in [1.54, 1.807) is 44.5 Å². The lowest BCUT2D eigenvalue weighted by Crippen LogP contribution is -2.66. The molecule has 1 aliphatic carbocycles. The van der Waals surface area contributed by atoms with Gasteiger partial charge in [0.15, 0.2) is 5.78 Å². The van der Waals surface area contributed by atoms with Gasteiger partial charge in [0, 0.05) is 17.8 Å². The molecular formula is C25H25F3N2O4S. The molecule has 6 nitrogen and oxygen atoms in total. The van der Waals surface area contributed by atoms with Gasteiger partial charge < -0.3 is 0 Å². The molecule has 0 radical (unpaired) electrons. The molecule has 1 amide bonds. The summed E-state index contributed by atoms with van der Waals surface area (Å²) in [6.07, 6.45) is -5.71. The molecule has 2 aromatic rings. The lowest BCUT2D eigenvalue weighted by Gasteiger charge is -2.35. The highest BCUT2D eigenvalue weighted by Gasteiger charge is 2.72. The lowest BCUT2D eigenvalue weighted by atomic mass is 9.72. The molecular weight excluding hydrogens is 481 g/mol. The van der Waals surface area contributed by atoms with Crippen molar-refractivity contribution < 1.29 is 31.2 Å². The molecule has 0 saturated carbocycles. The van der Waals surface area contributed by atoms with Crippen LogP contribution in [0.15, 0.2) is 64.7 Å². The number of nitrogens with zero attached hydrogens (tertiary/aromatic N) is 1. The number of sulfonamides is 1. The minimum absolute atomic E-state index is 0.0161. The summed E-state index contributed by atoms with van der Waals surface area (Å²) >= 11 is 0. The van der Waals surface area contributed by atoms with Crippen LogP contribution in [0.3, 0.4) is 0 Å². The number of ketones is 1. The topological polar surface area (TPSA) is 83.6 Å². The van der Waals surface area contributed by atoms with Crippen molar-refractivity contribution in [2.45, 2.75) is 57.1 Å². The Morgan fingerprint density at radius 1 is 0.886 bits per heavy atom. The van der Waals surface area contributed by atoms with Crippen LogP contribution >= 0.6 is 0 Å². The summed E-state index contributed by atoms with van der Waals surface area (Å²) < 4.78 is 72.7. The predicted octanol–water partition coefficient (Wildman–Crippen LogP) is 4.57. The maximum Gasteiger partial charge on any atom is 0.421 e. The summed E-state index contributed by atoms with van der Waals surface area (Å²) in [6.45, 7) is 6.91. The number of alkyl halides is 3. The van der Waals surface area contributed by atoms with Gasteiger partial charge in [0.2, 0.25) is 15.6 Å². The average Bonchev–Trinajstić information content (AvgIpc) is 2.96. The normalized spacial score (nSPS) is 22.5. The maximum absolute atomic E-state index is 14.9. The minimum Gasteiger partial charge on any atom is -0.294 e. The highest BCUT2D eigenvalue weighted by Crippen LogP contribution is 2.53. The Kier molecular flexibility index (Phi) is 5.76. The van der Waals surface area contributed by atoms with Crippen LogP contribution in [0.1, 0.15) is 37.8 Å². The first-order chi connectivity index (χ1) is 16.1. The van der Waals surface area contributed by atoms with Crippen LogP contribution < -0.4 is 9.62 Å². The summed E-state index contributed by atoms with van der Waals surface area (Å²) in [5.41, 5.74) is -3.82. The van der Waals surface area contributed by atoms with E-state index in [-0.39, 0.29) is 24.2 Å². The third-order valence-corrected chi connectivity index (χ3v) is 7.83. The zero-order chi connectivity index (χ0) is 26.0. The van der Waals surface area contributed by atoms with Gasteiger partial charge >= 0.3 is 6.18 Å². The van der Waals surface area contributed by atoms with E-state index in [1.165, 1.54) is 24.3 Å². The second-order valence-corrected chi connectivity index (χ2v) is 11.6. The van der Waals surface area contributed by atoms with Crippen molar-refractivity contribution in [1.29, 1.82) is 0 Å². The number of rotatable bonds is 4. The summed E-state index contributed by atoms with van der Waals surface area (Å²) in [5, 5.41) is 0. The first-order valence-corrected chi connectivity index (χ1v) is 12.4. The van der Waals surface area contributed by atoms with Crippen molar-refractivity contribution in [3.05, 3.63) is 70.9 Å². The zero-order valence-corrected chi connectivity index (χ0v) is 20.5. The Hall–Kier alpha value is -2.98. The lowest BCUT2D eigenvalue weighted by molar-refractivity contribution is -0.184. The molecule has 2 aromatic carbocycles. The van der Waals surface area contributed by atoms with Gasteiger partial charge in [-0.3, -0.25) is 14.5 Å². The molecule has 0 unspecified atom stereocenters. The number of anilines is 1. The van der Waals surface area contributed by atoms with E-state index in [2.05, 4.69) is 0 Å². The van der Waals surface area contributed by atoms with E-state index in [0.29, 0.717) is 5.56 Å². The van der Waals surface area contributed by atoms with Gasteiger partial charge in [0.05, 0.1) is 10.5 Å². The standard InChI is InChI=1S/C25H25F3N2O4S/c1-15-5-9-17(10-6-15)30-19-13-23(3,4)14-20(31)21(19)24(22(30)32,25(26,27)28)29-35(33,34)18-11-7-16(2)8-12-18/h5-12,29H,13-14H2,1-4H3/t24-/m0/s1. The number of carbonyl (C=O) groups excluding carboxylic acids is 2. The van der Waals surface area contributed by atoms with E-state index in [0.717, 1.165) is 22.6 Å². The Morgan fingerprint density at radius 2 is 1.40 bits per heavy atom. The number of hydrogen-bond acceptors (Lipinski definition) is 4. The first kappa shape index (κ1) is 25.1. The molecule has 0 fully saturated rings.